The van der Waals surface area contributed by atoms with Crippen molar-refractivity contribution in [2.75, 3.05) is 0 Å². The Labute approximate surface area is 225 Å². The Morgan fingerprint density at radius 1 is 0.686 bits per heavy atom. The highest BCUT2D eigenvalue weighted by Gasteiger charge is 2.40. The summed E-state index contributed by atoms with van der Waals surface area (Å²) in [6.45, 7) is 4.57. The molecule has 0 heterocycles. The number of aryl methyl sites for hydroxylation is 1. The van der Waals surface area contributed by atoms with Gasteiger partial charge in [-0.25, -0.2) is 0 Å². The number of halogens is 2. The largest absolute Gasteiger partial charge is 0.0622 e. The van der Waals surface area contributed by atoms with Crippen molar-refractivity contribution in [3.63, 3.8) is 0 Å². The van der Waals surface area contributed by atoms with Crippen molar-refractivity contribution in [2.24, 2.45) is 0 Å². The topological polar surface area (TPSA) is 0 Å². The van der Waals surface area contributed by atoms with Gasteiger partial charge in [-0.05, 0) is 83.5 Å². The molecule has 0 saturated heterocycles. The molecular formula is C33H28Br2. The van der Waals surface area contributed by atoms with Crippen molar-refractivity contribution in [1.29, 1.82) is 0 Å². The number of hydrogen-bond acceptors (Lipinski definition) is 0. The number of hydrogen-bond donors (Lipinski definition) is 0. The van der Waals surface area contributed by atoms with Crippen LogP contribution in [0.4, 0.5) is 0 Å². The zero-order valence-electron chi connectivity index (χ0n) is 20.1. The fraction of sp³-hybridized carbons (Fsp3) is 0.152. The van der Waals surface area contributed by atoms with Gasteiger partial charge in [-0.3, -0.25) is 0 Å². The van der Waals surface area contributed by atoms with Crippen LogP contribution in [0, 0.1) is 6.92 Å². The Bertz CT molecular complexity index is 1330. The van der Waals surface area contributed by atoms with Gasteiger partial charge in [-0.2, -0.15) is 0 Å². The minimum absolute atomic E-state index is 0.0416. The lowest BCUT2D eigenvalue weighted by Gasteiger charge is -2.44. The predicted octanol–water partition coefficient (Wildman–Crippen LogP) is 10.2. The van der Waals surface area contributed by atoms with E-state index in [0.717, 1.165) is 15.4 Å². The summed E-state index contributed by atoms with van der Waals surface area (Å²) in [5.74, 6) is 0. The third-order valence-corrected chi connectivity index (χ3v) is 8.30. The molecule has 1 aliphatic rings. The molecule has 1 unspecified atom stereocenters. The molecule has 1 saturated carbocycles. The van der Waals surface area contributed by atoms with E-state index in [0.29, 0.717) is 0 Å². The minimum Gasteiger partial charge on any atom is -0.0622 e. The van der Waals surface area contributed by atoms with Crippen LogP contribution in [0.5, 0.6) is 0 Å². The van der Waals surface area contributed by atoms with Crippen LogP contribution in [0.15, 0.2) is 124 Å². The van der Waals surface area contributed by atoms with Crippen molar-refractivity contribution in [1.82, 2.24) is 0 Å². The summed E-state index contributed by atoms with van der Waals surface area (Å²) in [7, 11) is 0. The fourth-order valence-corrected chi connectivity index (χ4v) is 5.52. The molecule has 0 spiro atoms. The third kappa shape index (κ3) is 5.01. The van der Waals surface area contributed by atoms with Crippen molar-refractivity contribution >= 4 is 43.0 Å². The summed E-state index contributed by atoms with van der Waals surface area (Å²) in [5, 5.41) is 0. The molecule has 0 bridgehead atoms. The molecule has 0 aliphatic heterocycles. The van der Waals surface area contributed by atoms with Crippen molar-refractivity contribution in [2.45, 2.75) is 32.1 Å². The van der Waals surface area contributed by atoms with E-state index in [9.17, 15) is 0 Å². The zero-order chi connectivity index (χ0) is 24.4. The predicted molar refractivity (Wildman–Crippen MR) is 156 cm³/mol. The molecule has 174 valence electrons. The zero-order valence-corrected chi connectivity index (χ0v) is 23.2. The van der Waals surface area contributed by atoms with E-state index in [1.807, 2.05) is 0 Å². The van der Waals surface area contributed by atoms with Crippen LogP contribution in [-0.4, -0.2) is 0 Å². The van der Waals surface area contributed by atoms with Gasteiger partial charge in [0.25, 0.3) is 0 Å². The van der Waals surface area contributed by atoms with Gasteiger partial charge in [0.2, 0.25) is 0 Å². The van der Waals surface area contributed by atoms with Gasteiger partial charge >= 0.3 is 0 Å². The molecule has 1 atom stereocenters. The minimum atomic E-state index is 0.0416. The van der Waals surface area contributed by atoms with Gasteiger partial charge < -0.3 is 0 Å². The van der Waals surface area contributed by atoms with E-state index < -0.39 is 0 Å². The van der Waals surface area contributed by atoms with Gasteiger partial charge in [0, 0.05) is 14.4 Å². The first-order valence-corrected chi connectivity index (χ1v) is 13.6. The lowest BCUT2D eigenvalue weighted by molar-refractivity contribution is 0.398. The Hall–Kier alpha value is -2.68. The summed E-state index contributed by atoms with van der Waals surface area (Å²) >= 11 is 7.20. The number of benzene rings is 4. The van der Waals surface area contributed by atoms with Crippen molar-refractivity contribution in [3.8, 4) is 0 Å². The first-order chi connectivity index (χ1) is 16.9. The number of allylic oxidation sites excluding steroid dienone is 3. The van der Waals surface area contributed by atoms with E-state index in [1.54, 1.807) is 0 Å². The normalized spacial score (nSPS) is 18.5. The molecule has 4 aromatic rings. The highest BCUT2D eigenvalue weighted by Crippen LogP contribution is 2.52. The molecule has 1 fully saturated rings. The second kappa shape index (κ2) is 10.1. The highest BCUT2D eigenvalue weighted by molar-refractivity contribution is 9.10. The van der Waals surface area contributed by atoms with E-state index in [1.165, 1.54) is 51.0 Å². The molecule has 5 rings (SSSR count). The third-order valence-electron chi connectivity index (χ3n) is 7.24. The molecule has 0 amide bonds. The summed E-state index contributed by atoms with van der Waals surface area (Å²) < 4.78 is 2.17. The van der Waals surface area contributed by atoms with E-state index >= 15 is 0 Å². The van der Waals surface area contributed by atoms with Crippen LogP contribution in [0.25, 0.3) is 11.1 Å². The van der Waals surface area contributed by atoms with E-state index in [-0.39, 0.29) is 5.41 Å². The van der Waals surface area contributed by atoms with Crippen LogP contribution >= 0.6 is 31.9 Å². The van der Waals surface area contributed by atoms with Crippen LogP contribution in [0.2, 0.25) is 0 Å². The summed E-state index contributed by atoms with van der Waals surface area (Å²) in [6.07, 6.45) is 4.70. The lowest BCUT2D eigenvalue weighted by Crippen LogP contribution is -2.34. The van der Waals surface area contributed by atoms with Gasteiger partial charge in [0.05, 0.1) is 0 Å². The van der Waals surface area contributed by atoms with Gasteiger partial charge in [0.1, 0.15) is 0 Å². The standard InChI is InChI=1S/C33H28Br2/c1-23-8-14-27(15-9-23)33(2)21-20-32(33)31(24-6-4-3-5-7-24)22-30(25-10-16-28(34)17-11-25)26-12-18-29(35)19-13-26/h3-19,22H,20-21H2,1-2H3/b32-31-. The maximum absolute atomic E-state index is 3.60. The first kappa shape index (κ1) is 24.0. The Kier molecular flexibility index (Phi) is 6.95. The van der Waals surface area contributed by atoms with E-state index in [2.05, 4.69) is 155 Å². The van der Waals surface area contributed by atoms with Gasteiger partial charge in [0.15, 0.2) is 0 Å². The Morgan fingerprint density at radius 2 is 1.23 bits per heavy atom. The quantitative estimate of drug-likeness (QED) is 0.219. The van der Waals surface area contributed by atoms with Crippen molar-refractivity contribution < 1.29 is 0 Å². The molecule has 0 N–H and O–H groups in total. The second-order valence-electron chi connectivity index (χ2n) is 9.53. The smallest absolute Gasteiger partial charge is 0.0175 e. The maximum atomic E-state index is 3.60. The molecule has 2 heteroatoms. The molecule has 0 nitrogen and oxygen atoms in total. The molecular weight excluding hydrogens is 556 g/mol. The average Bonchev–Trinajstić information content (AvgIpc) is 2.87. The Balaban J connectivity index is 1.74. The molecule has 0 radical (unpaired) electrons. The summed E-state index contributed by atoms with van der Waals surface area (Å²) in [5.41, 5.74) is 10.5. The summed E-state index contributed by atoms with van der Waals surface area (Å²) in [4.78, 5) is 0. The number of rotatable bonds is 5. The maximum Gasteiger partial charge on any atom is 0.0175 e. The molecule has 4 aromatic carbocycles. The first-order valence-electron chi connectivity index (χ1n) is 12.0. The van der Waals surface area contributed by atoms with Gasteiger partial charge in [-0.1, -0.05) is 129 Å². The second-order valence-corrected chi connectivity index (χ2v) is 11.4. The summed E-state index contributed by atoms with van der Waals surface area (Å²) in [6, 6.07) is 37.3. The molecule has 0 aromatic heterocycles. The van der Waals surface area contributed by atoms with Crippen LogP contribution in [-0.2, 0) is 5.41 Å². The fourth-order valence-electron chi connectivity index (χ4n) is 5.00. The lowest BCUT2D eigenvalue weighted by atomic mass is 9.59. The van der Waals surface area contributed by atoms with Crippen molar-refractivity contribution in [3.05, 3.63) is 152 Å². The monoisotopic (exact) mass is 582 g/mol. The average molecular weight is 584 g/mol. The highest BCUT2D eigenvalue weighted by atomic mass is 79.9. The molecule has 35 heavy (non-hydrogen) atoms. The van der Waals surface area contributed by atoms with Crippen LogP contribution in [0.1, 0.15) is 47.6 Å². The molecule has 1 aliphatic carbocycles. The SMILES string of the molecule is Cc1ccc(C2(C)CC/C2=C(\C=C(c2ccc(Br)cc2)c2ccc(Br)cc2)c2ccccc2)cc1. The van der Waals surface area contributed by atoms with E-state index in [4.69, 9.17) is 0 Å². The Morgan fingerprint density at radius 3 is 1.71 bits per heavy atom. The van der Waals surface area contributed by atoms with Gasteiger partial charge in [-0.15, -0.1) is 0 Å². The van der Waals surface area contributed by atoms with Crippen LogP contribution in [0.3, 0.4) is 0 Å². The van der Waals surface area contributed by atoms with Crippen LogP contribution < -0.4 is 0 Å².